The van der Waals surface area contributed by atoms with Gasteiger partial charge < -0.3 is 10.6 Å². The molecule has 7 heteroatoms. The number of hydrogen-bond acceptors (Lipinski definition) is 4. The monoisotopic (exact) mass is 347 g/mol. The molecule has 0 bridgehead atoms. The molecule has 0 aromatic heterocycles. The minimum Gasteiger partial charge on any atom is -0.343 e. The summed E-state index contributed by atoms with van der Waals surface area (Å²) in [6, 6.07) is 12.5. The lowest BCUT2D eigenvalue weighted by molar-refractivity contribution is -0.115. The van der Waals surface area contributed by atoms with Gasteiger partial charge in [0.25, 0.3) is 5.91 Å². The van der Waals surface area contributed by atoms with E-state index in [-0.39, 0.29) is 12.5 Å². The van der Waals surface area contributed by atoms with E-state index in [1.54, 1.807) is 12.1 Å². The van der Waals surface area contributed by atoms with E-state index in [1.807, 2.05) is 19.1 Å². The number of amides is 2. The third-order valence-electron chi connectivity index (χ3n) is 2.99. The van der Waals surface area contributed by atoms with Gasteiger partial charge in [-0.3, -0.25) is 14.3 Å². The molecule has 0 unspecified atom stereocenters. The smallest absolute Gasteiger partial charge is 0.251 e. The Morgan fingerprint density at radius 1 is 1.04 bits per heavy atom. The Morgan fingerprint density at radius 2 is 1.71 bits per heavy atom. The summed E-state index contributed by atoms with van der Waals surface area (Å²) in [7, 11) is 0. The van der Waals surface area contributed by atoms with Gasteiger partial charge in [0.15, 0.2) is 0 Å². The zero-order chi connectivity index (χ0) is 17.4. The molecule has 0 heterocycles. The first-order valence-electron chi connectivity index (χ1n) is 7.42. The van der Waals surface area contributed by atoms with Crippen molar-refractivity contribution in [2.45, 2.75) is 11.8 Å². The van der Waals surface area contributed by atoms with Crippen molar-refractivity contribution < 1.29 is 14.0 Å². The quantitative estimate of drug-likeness (QED) is 0.674. The summed E-state index contributed by atoms with van der Waals surface area (Å²) in [4.78, 5) is 24.7. The molecule has 0 spiro atoms. The highest BCUT2D eigenvalue weighted by Crippen LogP contribution is 2.17. The summed E-state index contributed by atoms with van der Waals surface area (Å²) in [6.07, 6.45) is 0. The van der Waals surface area contributed by atoms with E-state index in [1.165, 1.54) is 36.2 Å². The average molecular weight is 347 g/mol. The molecular weight excluding hydrogens is 329 g/mol. The van der Waals surface area contributed by atoms with Crippen molar-refractivity contribution in [2.75, 3.05) is 18.4 Å². The van der Waals surface area contributed by atoms with Gasteiger partial charge in [0, 0.05) is 22.7 Å². The van der Waals surface area contributed by atoms with Gasteiger partial charge in [-0.05, 0) is 60.5 Å². The molecule has 2 aromatic carbocycles. The van der Waals surface area contributed by atoms with Crippen LogP contribution < -0.4 is 15.4 Å². The summed E-state index contributed by atoms with van der Waals surface area (Å²) in [5.41, 5.74) is 0.950. The van der Waals surface area contributed by atoms with Crippen LogP contribution in [-0.4, -0.2) is 24.9 Å². The van der Waals surface area contributed by atoms with Crippen molar-refractivity contribution in [3.63, 3.8) is 0 Å². The number of hydrogen-bond donors (Lipinski definition) is 3. The fraction of sp³-hybridized carbons (Fsp3) is 0.176. The van der Waals surface area contributed by atoms with Gasteiger partial charge in [-0.2, -0.15) is 0 Å². The molecule has 24 heavy (non-hydrogen) atoms. The van der Waals surface area contributed by atoms with Crippen LogP contribution in [-0.2, 0) is 4.79 Å². The van der Waals surface area contributed by atoms with Gasteiger partial charge in [0.1, 0.15) is 5.82 Å². The van der Waals surface area contributed by atoms with Crippen LogP contribution >= 0.6 is 11.9 Å². The largest absolute Gasteiger partial charge is 0.343 e. The number of rotatable bonds is 7. The van der Waals surface area contributed by atoms with Gasteiger partial charge in [0.05, 0.1) is 6.54 Å². The lowest BCUT2D eigenvalue weighted by atomic mass is 10.2. The van der Waals surface area contributed by atoms with Crippen molar-refractivity contribution in [1.82, 2.24) is 10.0 Å². The number of anilines is 1. The molecule has 0 atom stereocenters. The van der Waals surface area contributed by atoms with E-state index in [9.17, 15) is 14.0 Å². The summed E-state index contributed by atoms with van der Waals surface area (Å²) in [6.45, 7) is 2.71. The van der Waals surface area contributed by atoms with Crippen LogP contribution in [0.2, 0.25) is 0 Å². The standard InChI is InChI=1S/C17H18FN3O2S/c1-2-20-24-15-9-7-14(8-10-15)21-16(22)11-19-17(23)12-3-5-13(18)6-4-12/h3-10,20H,2,11H2,1H3,(H,19,23)(H,21,22). The Labute approximate surface area is 144 Å². The second-order valence-electron chi connectivity index (χ2n) is 4.86. The third-order valence-corrected chi connectivity index (χ3v) is 3.93. The number of benzene rings is 2. The topological polar surface area (TPSA) is 70.2 Å². The Bertz CT molecular complexity index is 690. The Balaban J connectivity index is 1.80. The lowest BCUT2D eigenvalue weighted by Gasteiger charge is -2.08. The summed E-state index contributed by atoms with van der Waals surface area (Å²) >= 11 is 1.51. The number of halogens is 1. The Morgan fingerprint density at radius 3 is 2.33 bits per heavy atom. The third kappa shape index (κ3) is 5.68. The molecule has 0 aliphatic carbocycles. The molecule has 2 aromatic rings. The van der Waals surface area contributed by atoms with E-state index in [2.05, 4.69) is 15.4 Å². The van der Waals surface area contributed by atoms with Crippen molar-refractivity contribution in [1.29, 1.82) is 0 Å². The van der Waals surface area contributed by atoms with E-state index in [4.69, 9.17) is 0 Å². The Kier molecular flexibility index (Phi) is 6.77. The lowest BCUT2D eigenvalue weighted by Crippen LogP contribution is -2.32. The predicted octanol–water partition coefficient (Wildman–Crippen LogP) is 2.81. The molecule has 0 saturated carbocycles. The van der Waals surface area contributed by atoms with Gasteiger partial charge in [-0.15, -0.1) is 0 Å². The maximum Gasteiger partial charge on any atom is 0.251 e. The highest BCUT2D eigenvalue weighted by atomic mass is 32.2. The summed E-state index contributed by atoms with van der Waals surface area (Å²) in [5, 5.41) is 5.19. The van der Waals surface area contributed by atoms with Crippen molar-refractivity contribution in [3.8, 4) is 0 Å². The first kappa shape index (κ1) is 18.0. The molecular formula is C17H18FN3O2S. The van der Waals surface area contributed by atoms with Crippen molar-refractivity contribution in [2.24, 2.45) is 0 Å². The average Bonchev–Trinajstić information content (AvgIpc) is 2.59. The normalized spacial score (nSPS) is 10.2. The van der Waals surface area contributed by atoms with E-state index in [0.29, 0.717) is 11.3 Å². The minimum atomic E-state index is -0.428. The zero-order valence-corrected chi connectivity index (χ0v) is 14.0. The number of carbonyl (C=O) groups is 2. The molecule has 0 fully saturated rings. The van der Waals surface area contributed by atoms with Crippen LogP contribution in [0.25, 0.3) is 0 Å². The molecule has 126 valence electrons. The predicted molar refractivity (Wildman–Crippen MR) is 93.3 cm³/mol. The maximum absolute atomic E-state index is 12.8. The zero-order valence-electron chi connectivity index (χ0n) is 13.1. The maximum atomic E-state index is 12.8. The van der Waals surface area contributed by atoms with Gasteiger partial charge in [0.2, 0.25) is 5.91 Å². The molecule has 2 rings (SSSR count). The number of carbonyl (C=O) groups excluding carboxylic acids is 2. The minimum absolute atomic E-state index is 0.163. The van der Waals surface area contributed by atoms with Gasteiger partial charge in [-0.25, -0.2) is 4.39 Å². The molecule has 2 amide bonds. The Hall–Kier alpha value is -2.38. The van der Waals surface area contributed by atoms with Gasteiger partial charge in [-0.1, -0.05) is 6.92 Å². The van der Waals surface area contributed by atoms with Crippen LogP contribution in [0.15, 0.2) is 53.4 Å². The van der Waals surface area contributed by atoms with Crippen LogP contribution in [0.3, 0.4) is 0 Å². The summed E-state index contributed by atoms with van der Waals surface area (Å²) in [5.74, 6) is -1.18. The van der Waals surface area contributed by atoms with Crippen molar-refractivity contribution >= 4 is 29.4 Å². The first-order chi connectivity index (χ1) is 11.6. The fourth-order valence-electron chi connectivity index (χ4n) is 1.83. The molecule has 3 N–H and O–H groups in total. The molecule has 0 saturated heterocycles. The molecule has 0 aliphatic heterocycles. The SMILES string of the molecule is CCNSc1ccc(NC(=O)CNC(=O)c2ccc(F)cc2)cc1. The first-order valence-corrected chi connectivity index (χ1v) is 8.23. The van der Waals surface area contributed by atoms with Crippen LogP contribution in [0.1, 0.15) is 17.3 Å². The fourth-order valence-corrected chi connectivity index (χ4v) is 2.41. The van der Waals surface area contributed by atoms with E-state index >= 15 is 0 Å². The second kappa shape index (κ2) is 9.05. The highest BCUT2D eigenvalue weighted by molar-refractivity contribution is 7.97. The summed E-state index contributed by atoms with van der Waals surface area (Å²) < 4.78 is 15.9. The molecule has 0 radical (unpaired) electrons. The van der Waals surface area contributed by atoms with Crippen LogP contribution in [0.5, 0.6) is 0 Å². The number of nitrogens with one attached hydrogen (secondary N) is 3. The highest BCUT2D eigenvalue weighted by Gasteiger charge is 2.08. The van der Waals surface area contributed by atoms with Gasteiger partial charge >= 0.3 is 0 Å². The van der Waals surface area contributed by atoms with Crippen LogP contribution in [0.4, 0.5) is 10.1 Å². The van der Waals surface area contributed by atoms with Crippen molar-refractivity contribution in [3.05, 3.63) is 59.9 Å². The van der Waals surface area contributed by atoms with E-state index in [0.717, 1.165) is 11.4 Å². The second-order valence-corrected chi connectivity index (χ2v) is 5.83. The molecule has 5 nitrogen and oxygen atoms in total. The van der Waals surface area contributed by atoms with E-state index < -0.39 is 11.7 Å². The van der Waals surface area contributed by atoms with Crippen LogP contribution in [0, 0.1) is 5.82 Å². The molecule has 0 aliphatic rings.